The number of esters is 1. The third-order valence-electron chi connectivity index (χ3n) is 4.27. The normalized spacial score (nSPS) is 26.4. The van der Waals surface area contributed by atoms with Gasteiger partial charge < -0.3 is 9.47 Å². The van der Waals surface area contributed by atoms with Crippen LogP contribution in [0, 0.1) is 0 Å². The highest BCUT2D eigenvalue weighted by Gasteiger charge is 2.42. The van der Waals surface area contributed by atoms with Crippen molar-refractivity contribution in [2.45, 2.75) is 42.7 Å². The van der Waals surface area contributed by atoms with Gasteiger partial charge in [0.05, 0.1) is 25.9 Å². The molecule has 1 saturated heterocycles. The summed E-state index contributed by atoms with van der Waals surface area (Å²) in [6, 6.07) is 1.36. The van der Waals surface area contributed by atoms with Crippen molar-refractivity contribution in [2.24, 2.45) is 0 Å². The summed E-state index contributed by atoms with van der Waals surface area (Å²) in [4.78, 5) is 12.0. The van der Waals surface area contributed by atoms with Crippen molar-refractivity contribution < 1.29 is 22.7 Å². The number of thiophene rings is 1. The lowest BCUT2D eigenvalue weighted by Gasteiger charge is -2.42. The van der Waals surface area contributed by atoms with Crippen molar-refractivity contribution in [3.8, 4) is 0 Å². The Bertz CT molecular complexity index is 652. The highest BCUT2D eigenvalue weighted by atomic mass is 32.2. The molecule has 2 fully saturated rings. The van der Waals surface area contributed by atoms with Crippen LogP contribution < -0.4 is 0 Å². The smallest absolute Gasteiger partial charge is 0.349 e. The predicted molar refractivity (Wildman–Crippen MR) is 81.5 cm³/mol. The number of fused-ring (bicyclic) bond motifs is 1. The van der Waals surface area contributed by atoms with Gasteiger partial charge in [-0.05, 0) is 24.3 Å². The van der Waals surface area contributed by atoms with Crippen LogP contribution in [0.4, 0.5) is 0 Å². The van der Waals surface area contributed by atoms with Crippen molar-refractivity contribution in [1.29, 1.82) is 0 Å². The molecule has 122 valence electrons. The molecule has 0 radical (unpaired) electrons. The fourth-order valence-corrected chi connectivity index (χ4v) is 6.20. The maximum atomic E-state index is 13.0. The molecule has 2 aliphatic rings. The number of hydrogen-bond donors (Lipinski definition) is 0. The molecule has 1 aliphatic heterocycles. The number of methoxy groups -OCH3 is 1. The predicted octanol–water partition coefficient (Wildman–Crippen LogP) is 1.87. The molecule has 0 N–H and O–H groups in total. The van der Waals surface area contributed by atoms with E-state index in [1.165, 1.54) is 17.5 Å². The SMILES string of the molecule is COC(=O)c1sccc1S(=O)(=O)N1CCO[C@H]2CCCC[C@@H]21. The van der Waals surface area contributed by atoms with E-state index in [0.717, 1.165) is 37.0 Å². The zero-order valence-electron chi connectivity index (χ0n) is 12.4. The molecule has 0 aromatic carbocycles. The minimum atomic E-state index is -3.71. The fraction of sp³-hybridized carbons (Fsp3) is 0.643. The lowest BCUT2D eigenvalue weighted by Crippen LogP contribution is -2.54. The van der Waals surface area contributed by atoms with Crippen LogP contribution in [0.1, 0.15) is 35.4 Å². The summed E-state index contributed by atoms with van der Waals surface area (Å²) in [6.07, 6.45) is 3.74. The van der Waals surface area contributed by atoms with Gasteiger partial charge in [-0.2, -0.15) is 4.31 Å². The maximum absolute atomic E-state index is 13.0. The highest BCUT2D eigenvalue weighted by molar-refractivity contribution is 7.89. The van der Waals surface area contributed by atoms with E-state index in [4.69, 9.17) is 4.74 Å². The van der Waals surface area contributed by atoms with Crippen LogP contribution >= 0.6 is 11.3 Å². The topological polar surface area (TPSA) is 72.9 Å². The first-order valence-electron chi connectivity index (χ1n) is 7.35. The van der Waals surface area contributed by atoms with Crippen molar-refractivity contribution in [3.63, 3.8) is 0 Å². The molecule has 22 heavy (non-hydrogen) atoms. The molecule has 0 unspecified atom stereocenters. The van der Waals surface area contributed by atoms with Gasteiger partial charge in [-0.25, -0.2) is 13.2 Å². The third-order valence-corrected chi connectivity index (χ3v) is 7.26. The molecular formula is C14H19NO5S2. The molecule has 0 amide bonds. The van der Waals surface area contributed by atoms with Crippen LogP contribution in [0.25, 0.3) is 0 Å². The Balaban J connectivity index is 1.95. The van der Waals surface area contributed by atoms with Gasteiger partial charge >= 0.3 is 5.97 Å². The number of sulfonamides is 1. The fourth-order valence-electron chi connectivity index (χ4n) is 3.23. The molecule has 0 spiro atoms. The summed E-state index contributed by atoms with van der Waals surface area (Å²) in [5, 5.41) is 1.61. The maximum Gasteiger partial charge on any atom is 0.349 e. The molecule has 1 aromatic rings. The molecule has 1 aliphatic carbocycles. The summed E-state index contributed by atoms with van der Waals surface area (Å²) >= 11 is 1.09. The molecule has 1 aromatic heterocycles. The largest absolute Gasteiger partial charge is 0.465 e. The van der Waals surface area contributed by atoms with Crippen LogP contribution in [-0.4, -0.2) is 51.1 Å². The first kappa shape index (κ1) is 15.9. The summed E-state index contributed by atoms with van der Waals surface area (Å²) in [6.45, 7) is 0.734. The van der Waals surface area contributed by atoms with Gasteiger partial charge in [-0.3, -0.25) is 0 Å². The van der Waals surface area contributed by atoms with E-state index >= 15 is 0 Å². The number of hydrogen-bond acceptors (Lipinski definition) is 6. The van der Waals surface area contributed by atoms with E-state index in [1.807, 2.05) is 0 Å². The van der Waals surface area contributed by atoms with E-state index in [9.17, 15) is 13.2 Å². The molecule has 0 bridgehead atoms. The van der Waals surface area contributed by atoms with Crippen molar-refractivity contribution in [3.05, 3.63) is 16.3 Å². The Morgan fingerprint density at radius 2 is 2.18 bits per heavy atom. The van der Waals surface area contributed by atoms with Gasteiger partial charge in [-0.1, -0.05) is 12.8 Å². The second kappa shape index (κ2) is 6.27. The summed E-state index contributed by atoms with van der Waals surface area (Å²) < 4.78 is 38.0. The lowest BCUT2D eigenvalue weighted by atomic mass is 9.91. The first-order valence-corrected chi connectivity index (χ1v) is 9.67. The molecule has 2 heterocycles. The van der Waals surface area contributed by atoms with Gasteiger partial charge in [0.1, 0.15) is 9.77 Å². The summed E-state index contributed by atoms with van der Waals surface area (Å²) in [7, 11) is -2.46. The number of carbonyl (C=O) groups excluding carboxylic acids is 1. The Hall–Kier alpha value is -0.960. The van der Waals surface area contributed by atoms with Crippen LogP contribution in [0.5, 0.6) is 0 Å². The second-order valence-corrected chi connectivity index (χ2v) is 8.26. The Morgan fingerprint density at radius 3 is 2.95 bits per heavy atom. The molecule has 3 rings (SSSR count). The zero-order valence-corrected chi connectivity index (χ0v) is 14.0. The van der Waals surface area contributed by atoms with Crippen LogP contribution in [0.3, 0.4) is 0 Å². The number of rotatable bonds is 3. The molecule has 8 heteroatoms. The number of morpholine rings is 1. The molecule has 6 nitrogen and oxygen atoms in total. The van der Waals surface area contributed by atoms with E-state index in [0.29, 0.717) is 13.2 Å². The summed E-state index contributed by atoms with van der Waals surface area (Å²) in [5.41, 5.74) is 0. The van der Waals surface area contributed by atoms with Crippen LogP contribution in [0.15, 0.2) is 16.3 Å². The Morgan fingerprint density at radius 1 is 1.41 bits per heavy atom. The van der Waals surface area contributed by atoms with Gasteiger partial charge in [0.2, 0.25) is 10.0 Å². The lowest BCUT2D eigenvalue weighted by molar-refractivity contribution is -0.0586. The minimum Gasteiger partial charge on any atom is -0.465 e. The van der Waals surface area contributed by atoms with E-state index < -0.39 is 16.0 Å². The first-order chi connectivity index (χ1) is 10.6. The van der Waals surface area contributed by atoms with Crippen LogP contribution in [0.2, 0.25) is 0 Å². The average molecular weight is 345 g/mol. The van der Waals surface area contributed by atoms with Crippen molar-refractivity contribution >= 4 is 27.3 Å². The minimum absolute atomic E-state index is 0.0301. The highest BCUT2D eigenvalue weighted by Crippen LogP contribution is 2.34. The number of nitrogens with zero attached hydrogens (tertiary/aromatic N) is 1. The Kier molecular flexibility index (Phi) is 4.54. The number of carbonyl (C=O) groups is 1. The molecule has 1 saturated carbocycles. The van der Waals surface area contributed by atoms with Gasteiger partial charge in [-0.15, -0.1) is 11.3 Å². The van der Waals surface area contributed by atoms with Gasteiger partial charge in [0, 0.05) is 6.54 Å². The second-order valence-electron chi connectivity index (χ2n) is 5.48. The molecule has 2 atom stereocenters. The zero-order chi connectivity index (χ0) is 15.7. The van der Waals surface area contributed by atoms with Crippen molar-refractivity contribution in [2.75, 3.05) is 20.3 Å². The monoisotopic (exact) mass is 345 g/mol. The van der Waals surface area contributed by atoms with Crippen molar-refractivity contribution in [1.82, 2.24) is 4.31 Å². The standard InChI is InChI=1S/C14H19NO5S2/c1-19-14(16)13-12(6-9-21-13)22(17,18)15-7-8-20-11-5-3-2-4-10(11)15/h6,9-11H,2-5,7-8H2,1H3/t10-,11-/m0/s1. The van der Waals surface area contributed by atoms with E-state index in [2.05, 4.69) is 4.74 Å². The van der Waals surface area contributed by atoms with Gasteiger partial charge in [0.15, 0.2) is 0 Å². The summed E-state index contributed by atoms with van der Waals surface area (Å²) in [5.74, 6) is -0.609. The quantitative estimate of drug-likeness (QED) is 0.782. The number of ether oxygens (including phenoxy) is 2. The van der Waals surface area contributed by atoms with Gasteiger partial charge in [0.25, 0.3) is 0 Å². The average Bonchev–Trinajstić information content (AvgIpc) is 3.04. The van der Waals surface area contributed by atoms with E-state index in [-0.39, 0.29) is 21.9 Å². The Labute approximate surface area is 134 Å². The third kappa shape index (κ3) is 2.68. The van der Waals surface area contributed by atoms with E-state index in [1.54, 1.807) is 5.38 Å². The van der Waals surface area contributed by atoms with Crippen LogP contribution in [-0.2, 0) is 19.5 Å². The molecular weight excluding hydrogens is 326 g/mol.